The molecule has 0 atom stereocenters. The molecule has 0 unspecified atom stereocenters. The van der Waals surface area contributed by atoms with E-state index in [2.05, 4.69) is 9.97 Å². The summed E-state index contributed by atoms with van der Waals surface area (Å²) in [6, 6.07) is 8.03. The second-order valence-corrected chi connectivity index (χ2v) is 4.83. The lowest BCUT2D eigenvalue weighted by atomic mass is 10.1. The number of hydroxylamine groups is 1. The summed E-state index contributed by atoms with van der Waals surface area (Å²) in [5.41, 5.74) is 4.38. The van der Waals surface area contributed by atoms with Gasteiger partial charge < -0.3 is 9.40 Å². The van der Waals surface area contributed by atoms with E-state index in [9.17, 15) is 4.79 Å². The Kier molecular flexibility index (Phi) is 4.02. The summed E-state index contributed by atoms with van der Waals surface area (Å²) in [6.07, 6.45) is 7.72. The number of carbonyl (C=O) groups excluding carboxylic acids is 1. The van der Waals surface area contributed by atoms with E-state index < -0.39 is 5.91 Å². The monoisotopic (exact) mass is 297 g/mol. The molecule has 6 heteroatoms. The van der Waals surface area contributed by atoms with Gasteiger partial charge in [0.25, 0.3) is 0 Å². The van der Waals surface area contributed by atoms with Gasteiger partial charge in [-0.25, -0.2) is 10.5 Å². The minimum Gasteiger partial charge on any atom is -0.445 e. The van der Waals surface area contributed by atoms with E-state index in [0.29, 0.717) is 18.0 Å². The fourth-order valence-corrected chi connectivity index (χ4v) is 2.20. The largest absolute Gasteiger partial charge is 0.445 e. The Morgan fingerprint density at radius 1 is 1.36 bits per heavy atom. The molecule has 0 bridgehead atoms. The maximum Gasteiger partial charge on any atom is 0.243 e. The molecule has 0 aliphatic rings. The molecule has 0 aliphatic heterocycles. The van der Waals surface area contributed by atoms with E-state index in [-0.39, 0.29) is 6.42 Å². The van der Waals surface area contributed by atoms with E-state index in [1.165, 1.54) is 6.26 Å². The molecular formula is C16H15N3O3. The number of nitrogens with one attached hydrogen (secondary N) is 2. The van der Waals surface area contributed by atoms with Gasteiger partial charge in [0.2, 0.25) is 11.8 Å². The first-order valence-electron chi connectivity index (χ1n) is 6.88. The lowest BCUT2D eigenvalue weighted by Crippen LogP contribution is -2.18. The van der Waals surface area contributed by atoms with Gasteiger partial charge in [-0.1, -0.05) is 18.2 Å². The molecule has 2 aromatic heterocycles. The molecule has 1 aromatic carbocycles. The van der Waals surface area contributed by atoms with Gasteiger partial charge in [-0.15, -0.1) is 0 Å². The van der Waals surface area contributed by atoms with Gasteiger partial charge in [-0.2, -0.15) is 0 Å². The number of aromatic nitrogens is 2. The van der Waals surface area contributed by atoms with Crippen LogP contribution >= 0.6 is 0 Å². The second-order valence-electron chi connectivity index (χ2n) is 4.83. The molecule has 22 heavy (non-hydrogen) atoms. The number of hydrogen-bond donors (Lipinski definition) is 3. The SMILES string of the molecule is O=C(CCc1coc(/C=C/c2c[nH]c3ccccc23)n1)NO. The topological polar surface area (TPSA) is 91.2 Å². The smallest absolute Gasteiger partial charge is 0.243 e. The van der Waals surface area contributed by atoms with Gasteiger partial charge in [0, 0.05) is 36.0 Å². The van der Waals surface area contributed by atoms with Crippen molar-refractivity contribution in [2.24, 2.45) is 0 Å². The number of amides is 1. The molecule has 3 aromatic rings. The molecule has 0 radical (unpaired) electrons. The second kappa shape index (κ2) is 6.28. The van der Waals surface area contributed by atoms with Crippen LogP contribution in [-0.4, -0.2) is 21.1 Å². The molecule has 2 heterocycles. The van der Waals surface area contributed by atoms with E-state index >= 15 is 0 Å². The van der Waals surface area contributed by atoms with Crippen LogP contribution in [0.3, 0.4) is 0 Å². The Hall–Kier alpha value is -2.86. The number of aryl methyl sites for hydroxylation is 1. The first kappa shape index (κ1) is 14.1. The van der Waals surface area contributed by atoms with Crippen molar-refractivity contribution < 1.29 is 14.4 Å². The van der Waals surface area contributed by atoms with Crippen molar-refractivity contribution in [1.82, 2.24) is 15.4 Å². The molecule has 112 valence electrons. The van der Waals surface area contributed by atoms with E-state index in [4.69, 9.17) is 9.62 Å². The van der Waals surface area contributed by atoms with Crippen molar-refractivity contribution in [2.75, 3.05) is 0 Å². The van der Waals surface area contributed by atoms with E-state index in [1.54, 1.807) is 11.6 Å². The molecule has 0 saturated heterocycles. The molecule has 3 N–H and O–H groups in total. The number of oxazole rings is 1. The highest BCUT2D eigenvalue weighted by atomic mass is 16.5. The highest BCUT2D eigenvalue weighted by molar-refractivity contribution is 5.90. The van der Waals surface area contributed by atoms with Gasteiger partial charge >= 0.3 is 0 Å². The van der Waals surface area contributed by atoms with Crippen molar-refractivity contribution in [3.8, 4) is 0 Å². The quantitative estimate of drug-likeness (QED) is 0.499. The zero-order valence-electron chi connectivity index (χ0n) is 11.7. The van der Waals surface area contributed by atoms with Crippen molar-refractivity contribution >= 4 is 29.0 Å². The van der Waals surface area contributed by atoms with Crippen molar-refractivity contribution in [3.05, 3.63) is 53.9 Å². The van der Waals surface area contributed by atoms with Gasteiger partial charge in [0.15, 0.2) is 0 Å². The molecule has 0 saturated carbocycles. The van der Waals surface area contributed by atoms with Gasteiger partial charge in [0.1, 0.15) is 6.26 Å². The summed E-state index contributed by atoms with van der Waals surface area (Å²) in [5, 5.41) is 9.57. The minimum atomic E-state index is -0.445. The summed E-state index contributed by atoms with van der Waals surface area (Å²) in [7, 11) is 0. The first-order valence-corrected chi connectivity index (χ1v) is 6.88. The average Bonchev–Trinajstić information content (AvgIpc) is 3.17. The van der Waals surface area contributed by atoms with Crippen molar-refractivity contribution in [1.29, 1.82) is 0 Å². The van der Waals surface area contributed by atoms with Crippen LogP contribution < -0.4 is 5.48 Å². The molecule has 0 spiro atoms. The van der Waals surface area contributed by atoms with Gasteiger partial charge in [0.05, 0.1) is 5.69 Å². The number of fused-ring (bicyclic) bond motifs is 1. The zero-order valence-corrected chi connectivity index (χ0v) is 11.7. The third kappa shape index (κ3) is 3.07. The summed E-state index contributed by atoms with van der Waals surface area (Å²) >= 11 is 0. The summed E-state index contributed by atoms with van der Waals surface area (Å²) in [6.45, 7) is 0. The Bertz CT molecular complexity index is 817. The lowest BCUT2D eigenvalue weighted by molar-refractivity contribution is -0.129. The number of rotatable bonds is 5. The number of benzene rings is 1. The van der Waals surface area contributed by atoms with Gasteiger partial charge in [-0.05, 0) is 17.7 Å². The lowest BCUT2D eigenvalue weighted by Gasteiger charge is -1.94. The number of aromatic amines is 1. The standard InChI is InChI=1S/C16H15N3O3/c20-15(19-21)7-6-12-10-22-16(18-12)8-5-11-9-17-14-4-2-1-3-13(11)14/h1-5,8-10,17,21H,6-7H2,(H,19,20)/b8-5+. The third-order valence-corrected chi connectivity index (χ3v) is 3.33. The minimum absolute atomic E-state index is 0.161. The first-order chi connectivity index (χ1) is 10.8. The van der Waals surface area contributed by atoms with E-state index in [0.717, 1.165) is 16.5 Å². The highest BCUT2D eigenvalue weighted by Gasteiger charge is 2.05. The van der Waals surface area contributed by atoms with Crippen LogP contribution in [0.1, 0.15) is 23.6 Å². The van der Waals surface area contributed by atoms with Crippen molar-refractivity contribution in [2.45, 2.75) is 12.8 Å². The van der Waals surface area contributed by atoms with Crippen LogP contribution in [0.2, 0.25) is 0 Å². The van der Waals surface area contributed by atoms with Crippen molar-refractivity contribution in [3.63, 3.8) is 0 Å². The number of para-hydroxylation sites is 1. The van der Waals surface area contributed by atoms with Crippen LogP contribution in [0.15, 0.2) is 41.1 Å². The predicted octanol–water partition coefficient (Wildman–Crippen LogP) is 2.76. The highest BCUT2D eigenvalue weighted by Crippen LogP contribution is 2.20. The Balaban J connectivity index is 1.70. The summed E-state index contributed by atoms with van der Waals surface area (Å²) in [5.74, 6) is 0.0311. The molecular weight excluding hydrogens is 282 g/mol. The fraction of sp³-hybridized carbons (Fsp3) is 0.125. The normalized spacial score (nSPS) is 11.3. The third-order valence-electron chi connectivity index (χ3n) is 3.33. The molecule has 6 nitrogen and oxygen atoms in total. The number of hydrogen-bond acceptors (Lipinski definition) is 4. The molecule has 1 amide bonds. The van der Waals surface area contributed by atoms with Crippen LogP contribution in [0.25, 0.3) is 23.1 Å². The maximum atomic E-state index is 11.0. The Morgan fingerprint density at radius 3 is 3.09 bits per heavy atom. The predicted molar refractivity (Wildman–Crippen MR) is 82.0 cm³/mol. The average molecular weight is 297 g/mol. The van der Waals surface area contributed by atoms with Crippen LogP contribution in [0.4, 0.5) is 0 Å². The summed E-state index contributed by atoms with van der Waals surface area (Å²) in [4.78, 5) is 18.4. The van der Waals surface area contributed by atoms with Crippen LogP contribution in [0.5, 0.6) is 0 Å². The number of H-pyrrole nitrogens is 1. The number of carbonyl (C=O) groups is 1. The molecule has 3 rings (SSSR count). The van der Waals surface area contributed by atoms with Crippen LogP contribution in [-0.2, 0) is 11.2 Å². The number of nitrogens with zero attached hydrogens (tertiary/aromatic N) is 1. The molecule has 0 aliphatic carbocycles. The van der Waals surface area contributed by atoms with E-state index in [1.807, 2.05) is 36.5 Å². The molecule has 0 fully saturated rings. The Labute approximate surface area is 126 Å². The summed E-state index contributed by atoms with van der Waals surface area (Å²) < 4.78 is 5.34. The fourth-order valence-electron chi connectivity index (χ4n) is 2.20. The maximum absolute atomic E-state index is 11.0. The zero-order chi connectivity index (χ0) is 15.4. The van der Waals surface area contributed by atoms with Crippen LogP contribution in [0, 0.1) is 0 Å². The Morgan fingerprint density at radius 2 is 2.23 bits per heavy atom. The van der Waals surface area contributed by atoms with Gasteiger partial charge in [-0.3, -0.25) is 10.0 Å².